The number of hydrogen-bond donors (Lipinski definition) is 1. The predicted octanol–water partition coefficient (Wildman–Crippen LogP) is 3.87. The molecule has 0 radical (unpaired) electrons. The van der Waals surface area contributed by atoms with Gasteiger partial charge in [-0.3, -0.25) is 0 Å². The molecule has 2 aromatic carbocycles. The molecule has 9 nitrogen and oxygen atoms in total. The van der Waals surface area contributed by atoms with Crippen LogP contribution in [0.5, 0.6) is 46.0 Å². The molecule has 4 bridgehead atoms. The number of rotatable bonds is 8. The first kappa shape index (κ1) is 19.4. The minimum Gasteiger partial charge on any atom is -0.502 e. The minimum absolute atomic E-state index is 0.00535. The minimum atomic E-state index is -3.81. The van der Waals surface area contributed by atoms with Gasteiger partial charge in [-0.1, -0.05) is 0 Å². The fourth-order valence-corrected chi connectivity index (χ4v) is 4.76. The Morgan fingerprint density at radius 2 is 1.52 bits per heavy atom. The molecular formula is C19H21O9P. The molecule has 0 amide bonds. The van der Waals surface area contributed by atoms with Gasteiger partial charge in [0.15, 0.2) is 23.0 Å². The van der Waals surface area contributed by atoms with Gasteiger partial charge in [0, 0.05) is 5.56 Å². The Bertz CT molecular complexity index is 992. The number of aromatic hydroxyl groups is 1. The van der Waals surface area contributed by atoms with Crippen molar-refractivity contribution in [2.75, 3.05) is 27.9 Å². The van der Waals surface area contributed by atoms with Gasteiger partial charge in [-0.15, -0.1) is 0 Å². The van der Waals surface area contributed by atoms with E-state index in [0.29, 0.717) is 42.3 Å². The molecule has 29 heavy (non-hydrogen) atoms. The first-order chi connectivity index (χ1) is 13.9. The zero-order valence-corrected chi connectivity index (χ0v) is 17.3. The summed E-state index contributed by atoms with van der Waals surface area (Å²) in [6, 6.07) is 3.68. The van der Waals surface area contributed by atoms with Gasteiger partial charge in [-0.05, 0) is 37.5 Å². The van der Waals surface area contributed by atoms with E-state index in [1.165, 1.54) is 7.11 Å². The third-order valence-electron chi connectivity index (χ3n) is 4.68. The lowest BCUT2D eigenvalue weighted by Crippen LogP contribution is -2.21. The Morgan fingerprint density at radius 3 is 2.10 bits per heavy atom. The van der Waals surface area contributed by atoms with Gasteiger partial charge in [0.1, 0.15) is 0 Å². The molecule has 156 valence electrons. The Balaban J connectivity index is 1.70. The van der Waals surface area contributed by atoms with Crippen LogP contribution >= 0.6 is 7.82 Å². The van der Waals surface area contributed by atoms with E-state index in [-0.39, 0.29) is 28.7 Å². The van der Waals surface area contributed by atoms with Gasteiger partial charge in [-0.25, -0.2) is 0 Å². The summed E-state index contributed by atoms with van der Waals surface area (Å²) in [5.74, 6) is 1.93. The van der Waals surface area contributed by atoms with Crippen LogP contribution in [0.3, 0.4) is 0 Å². The number of benzene rings is 2. The molecule has 0 fully saturated rings. The molecular weight excluding hydrogens is 403 g/mol. The molecule has 5 rings (SSSR count). The quantitative estimate of drug-likeness (QED) is 0.633. The van der Waals surface area contributed by atoms with Crippen molar-refractivity contribution in [3.05, 3.63) is 23.3 Å². The number of aryl methyl sites for hydroxylation is 1. The molecule has 3 aliphatic rings. The summed E-state index contributed by atoms with van der Waals surface area (Å²) in [6.45, 7) is 2.11. The van der Waals surface area contributed by atoms with Crippen LogP contribution < -0.4 is 32.5 Å². The van der Waals surface area contributed by atoms with Gasteiger partial charge in [0.05, 0.1) is 27.9 Å². The van der Waals surface area contributed by atoms with Crippen molar-refractivity contribution < 1.29 is 42.2 Å². The third-order valence-corrected chi connectivity index (χ3v) is 5.90. The lowest BCUT2D eigenvalue weighted by atomic mass is 10.0. The van der Waals surface area contributed by atoms with Crippen molar-refractivity contribution in [1.29, 1.82) is 0 Å². The van der Waals surface area contributed by atoms with E-state index in [1.54, 1.807) is 21.1 Å². The lowest BCUT2D eigenvalue weighted by Gasteiger charge is -2.35. The average Bonchev–Trinajstić information content (AvgIpc) is 2.72. The smallest absolute Gasteiger partial charge is 0.502 e. The second kappa shape index (κ2) is 7.15. The van der Waals surface area contributed by atoms with Gasteiger partial charge < -0.3 is 37.6 Å². The summed E-state index contributed by atoms with van der Waals surface area (Å²) in [5, 5.41) is 10.5. The number of phenols is 1. The van der Waals surface area contributed by atoms with Crippen LogP contribution in [0.15, 0.2) is 12.1 Å². The second-order valence-electron chi connectivity index (χ2n) is 6.33. The molecule has 0 aromatic heterocycles. The molecule has 0 saturated heterocycles. The van der Waals surface area contributed by atoms with E-state index in [9.17, 15) is 9.67 Å². The van der Waals surface area contributed by atoms with Crippen LogP contribution in [0.4, 0.5) is 0 Å². The maximum atomic E-state index is 12.5. The Kier molecular flexibility index (Phi) is 4.78. The molecule has 3 aliphatic heterocycles. The summed E-state index contributed by atoms with van der Waals surface area (Å²) < 4.78 is 50.1. The number of ether oxygens (including phenoxy) is 4. The largest absolute Gasteiger partial charge is 0.647 e. The number of phenolic OH excluding ortho intramolecular Hbond substituents is 1. The first-order valence-electron chi connectivity index (χ1n) is 8.97. The molecule has 0 saturated carbocycles. The standard InChI is InChI=1S/C19H21O9P/c1-5-25-19-16-11(15-14(20)18(19)28-29(21,26-15)27-16)7-6-10-8-12(22-2)17(24-4)13(9-10)23-3/h8-9,20H,5-7H2,1-4H3. The molecule has 1 unspecified atom stereocenters. The Morgan fingerprint density at radius 1 is 0.897 bits per heavy atom. The fourth-order valence-electron chi connectivity index (χ4n) is 3.42. The molecule has 0 spiro atoms. The molecule has 1 atom stereocenters. The second-order valence-corrected chi connectivity index (χ2v) is 7.77. The highest BCUT2D eigenvalue weighted by Gasteiger charge is 2.51. The maximum absolute atomic E-state index is 12.5. The summed E-state index contributed by atoms with van der Waals surface area (Å²) >= 11 is 0. The van der Waals surface area contributed by atoms with Crippen molar-refractivity contribution >= 4 is 7.82 Å². The van der Waals surface area contributed by atoms with Crippen molar-refractivity contribution in [1.82, 2.24) is 0 Å². The predicted molar refractivity (Wildman–Crippen MR) is 102 cm³/mol. The van der Waals surface area contributed by atoms with Crippen LogP contribution in [0.1, 0.15) is 18.1 Å². The van der Waals surface area contributed by atoms with Crippen molar-refractivity contribution in [2.24, 2.45) is 0 Å². The normalized spacial score (nSPS) is 17.9. The summed E-state index contributed by atoms with van der Waals surface area (Å²) in [5.41, 5.74) is 1.45. The van der Waals surface area contributed by atoms with Gasteiger partial charge in [0.2, 0.25) is 23.0 Å². The Labute approximate surface area is 167 Å². The monoisotopic (exact) mass is 424 g/mol. The highest BCUT2D eigenvalue weighted by molar-refractivity contribution is 7.50. The summed E-state index contributed by atoms with van der Waals surface area (Å²) in [4.78, 5) is 0. The van der Waals surface area contributed by atoms with E-state index < -0.39 is 7.82 Å². The highest BCUT2D eigenvalue weighted by Crippen LogP contribution is 2.71. The number of hydrogen-bond acceptors (Lipinski definition) is 9. The van der Waals surface area contributed by atoms with Crippen molar-refractivity contribution in [3.8, 4) is 46.0 Å². The van der Waals surface area contributed by atoms with E-state index in [2.05, 4.69) is 0 Å². The van der Waals surface area contributed by atoms with Crippen molar-refractivity contribution in [2.45, 2.75) is 19.8 Å². The van der Waals surface area contributed by atoms with Gasteiger partial charge in [-0.2, -0.15) is 4.57 Å². The molecule has 10 heteroatoms. The number of phosphoric acid groups is 1. The van der Waals surface area contributed by atoms with Crippen LogP contribution in [0.2, 0.25) is 0 Å². The fraction of sp³-hybridized carbons (Fsp3) is 0.368. The van der Waals surface area contributed by atoms with Crippen LogP contribution in [0, 0.1) is 0 Å². The third kappa shape index (κ3) is 3.06. The average molecular weight is 424 g/mol. The summed E-state index contributed by atoms with van der Waals surface area (Å²) in [6.07, 6.45) is 0.941. The van der Waals surface area contributed by atoms with E-state index in [0.717, 1.165) is 5.56 Å². The Hall–Kier alpha value is -2.93. The number of methoxy groups -OCH3 is 3. The first-order valence-corrected chi connectivity index (χ1v) is 10.4. The molecule has 1 N–H and O–H groups in total. The zero-order chi connectivity index (χ0) is 20.8. The van der Waals surface area contributed by atoms with Crippen LogP contribution in [0.25, 0.3) is 0 Å². The van der Waals surface area contributed by atoms with E-state index in [1.807, 2.05) is 12.1 Å². The molecule has 2 aromatic rings. The van der Waals surface area contributed by atoms with Crippen molar-refractivity contribution in [3.63, 3.8) is 0 Å². The zero-order valence-electron chi connectivity index (χ0n) is 16.4. The highest BCUT2D eigenvalue weighted by atomic mass is 31.2. The lowest BCUT2D eigenvalue weighted by molar-refractivity contribution is 0.217. The van der Waals surface area contributed by atoms with Crippen LogP contribution in [-0.4, -0.2) is 33.0 Å². The van der Waals surface area contributed by atoms with Gasteiger partial charge in [0.25, 0.3) is 0 Å². The maximum Gasteiger partial charge on any atom is 0.647 e. The topological polar surface area (TPSA) is 102 Å². The van der Waals surface area contributed by atoms with E-state index in [4.69, 9.17) is 32.5 Å². The number of phosphoric ester groups is 1. The SMILES string of the molecule is CCOc1c2c(O)c3c(CCc4cc(OC)c(OC)c(OC)c4)c1OP(=O)(O3)O2. The molecule has 3 heterocycles. The van der Waals surface area contributed by atoms with Crippen LogP contribution in [-0.2, 0) is 17.4 Å². The molecule has 0 aliphatic carbocycles. The van der Waals surface area contributed by atoms with Gasteiger partial charge >= 0.3 is 7.82 Å². The summed E-state index contributed by atoms with van der Waals surface area (Å²) in [7, 11) is 0.827. The van der Waals surface area contributed by atoms with E-state index >= 15 is 0 Å².